The fraction of sp³-hybridized carbons (Fsp3) is 0.219. The van der Waals surface area contributed by atoms with E-state index in [0.29, 0.717) is 29.4 Å². The Morgan fingerprint density at radius 1 is 1.05 bits per heavy atom. The average Bonchev–Trinajstić information content (AvgIpc) is 3.35. The summed E-state index contributed by atoms with van der Waals surface area (Å²) in [6, 6.07) is 22.5. The summed E-state index contributed by atoms with van der Waals surface area (Å²) < 4.78 is 8.32. The van der Waals surface area contributed by atoms with Gasteiger partial charge in [0.2, 0.25) is 5.91 Å². The molecule has 1 amide bonds. The van der Waals surface area contributed by atoms with E-state index in [2.05, 4.69) is 99.4 Å². The highest BCUT2D eigenvalue weighted by atomic mass is 16.5. The number of rotatable bonds is 12. The molecule has 0 radical (unpaired) electrons. The monoisotopic (exact) mass is 534 g/mol. The van der Waals surface area contributed by atoms with Crippen LogP contribution in [0.1, 0.15) is 18.4 Å². The Balaban J connectivity index is 1.42. The third-order valence-electron chi connectivity index (χ3n) is 6.67. The summed E-state index contributed by atoms with van der Waals surface area (Å²) in [6.07, 6.45) is 6.80. The molecule has 3 aromatic carbocycles. The van der Waals surface area contributed by atoms with Crippen molar-refractivity contribution in [2.24, 2.45) is 0 Å². The molecule has 8 nitrogen and oxygen atoms in total. The molecule has 0 aliphatic heterocycles. The van der Waals surface area contributed by atoms with E-state index in [4.69, 9.17) is 4.74 Å². The topological polar surface area (TPSA) is 84.3 Å². The fourth-order valence-corrected chi connectivity index (χ4v) is 4.61. The lowest BCUT2D eigenvalue weighted by Crippen LogP contribution is -2.14. The molecule has 0 saturated heterocycles. The van der Waals surface area contributed by atoms with Crippen LogP contribution in [0.15, 0.2) is 91.9 Å². The molecule has 0 aliphatic rings. The van der Waals surface area contributed by atoms with Gasteiger partial charge in [-0.25, -0.2) is 9.97 Å². The summed E-state index contributed by atoms with van der Waals surface area (Å²) in [5.74, 6) is 0.891. The summed E-state index contributed by atoms with van der Waals surface area (Å²) in [5.41, 5.74) is 4.53. The molecule has 5 rings (SSSR count). The molecule has 0 spiro atoms. The van der Waals surface area contributed by atoms with Gasteiger partial charge in [-0.3, -0.25) is 4.79 Å². The maximum Gasteiger partial charge on any atom is 0.247 e. The van der Waals surface area contributed by atoms with E-state index in [-0.39, 0.29) is 5.91 Å². The number of benzene rings is 3. The first-order valence-electron chi connectivity index (χ1n) is 13.4. The zero-order valence-electron chi connectivity index (χ0n) is 22.9. The Kier molecular flexibility index (Phi) is 8.37. The number of fused-ring (bicyclic) bond motifs is 2. The Labute approximate surface area is 234 Å². The molecule has 5 aromatic rings. The van der Waals surface area contributed by atoms with E-state index in [1.807, 2.05) is 24.3 Å². The number of hydrogen-bond acceptors (Lipinski definition) is 6. The molecular weight excluding hydrogens is 500 g/mol. The summed E-state index contributed by atoms with van der Waals surface area (Å²) in [5, 5.41) is 8.27. The Hall–Kier alpha value is -4.69. The van der Waals surface area contributed by atoms with Gasteiger partial charge in [-0.15, -0.1) is 0 Å². The second kappa shape index (κ2) is 12.4. The number of hydrogen-bond donors (Lipinski definition) is 2. The minimum atomic E-state index is -0.312. The van der Waals surface area contributed by atoms with E-state index in [0.717, 1.165) is 47.9 Å². The summed E-state index contributed by atoms with van der Waals surface area (Å²) >= 11 is 0. The Morgan fingerprint density at radius 3 is 2.70 bits per heavy atom. The molecule has 0 atom stereocenters. The van der Waals surface area contributed by atoms with Crippen molar-refractivity contribution in [1.29, 1.82) is 0 Å². The third-order valence-corrected chi connectivity index (χ3v) is 6.67. The maximum atomic E-state index is 12.2. The minimum absolute atomic E-state index is 0.312. The molecule has 0 aliphatic carbocycles. The van der Waals surface area contributed by atoms with Crippen molar-refractivity contribution in [2.75, 3.05) is 37.9 Å². The molecule has 2 aromatic heterocycles. The molecule has 0 unspecified atom stereocenters. The van der Waals surface area contributed by atoms with Crippen LogP contribution >= 0.6 is 0 Å². The summed E-state index contributed by atoms with van der Waals surface area (Å²) in [7, 11) is 4.11. The number of anilines is 3. The van der Waals surface area contributed by atoms with Crippen molar-refractivity contribution in [3.05, 3.63) is 97.5 Å². The molecule has 204 valence electrons. The van der Waals surface area contributed by atoms with Crippen molar-refractivity contribution < 1.29 is 9.53 Å². The molecule has 2 N–H and O–H groups in total. The van der Waals surface area contributed by atoms with E-state index < -0.39 is 0 Å². The van der Waals surface area contributed by atoms with E-state index in [1.165, 1.54) is 18.0 Å². The summed E-state index contributed by atoms with van der Waals surface area (Å²) in [6.45, 7) is 5.90. The quantitative estimate of drug-likeness (QED) is 0.146. The Morgan fingerprint density at radius 2 is 1.90 bits per heavy atom. The van der Waals surface area contributed by atoms with Crippen molar-refractivity contribution in [3.8, 4) is 5.75 Å². The first kappa shape index (κ1) is 26.9. The van der Waals surface area contributed by atoms with Gasteiger partial charge in [0.05, 0.1) is 23.3 Å². The van der Waals surface area contributed by atoms with Gasteiger partial charge in [-0.05, 0) is 74.8 Å². The van der Waals surface area contributed by atoms with Crippen LogP contribution in [0.2, 0.25) is 0 Å². The smallest absolute Gasteiger partial charge is 0.247 e. The lowest BCUT2D eigenvalue weighted by atomic mass is 10.1. The fourth-order valence-electron chi connectivity index (χ4n) is 4.61. The number of ether oxygens (including phenoxy) is 1. The number of nitrogens with zero attached hydrogens (tertiary/aromatic N) is 4. The zero-order valence-corrected chi connectivity index (χ0v) is 22.9. The third kappa shape index (κ3) is 6.47. The van der Waals surface area contributed by atoms with Crippen LogP contribution in [0.5, 0.6) is 5.75 Å². The molecule has 8 heteroatoms. The lowest BCUT2D eigenvalue weighted by molar-refractivity contribution is -0.111. The second-order valence-corrected chi connectivity index (χ2v) is 9.97. The summed E-state index contributed by atoms with van der Waals surface area (Å²) in [4.78, 5) is 23.4. The normalized spacial score (nSPS) is 11.2. The standard InChI is InChI=1S/C32H34N6O2/c1-4-31(39)36-28-19-26-27(20-30(28)40-17-9-8-15-37(2)3)33-22-34-32(26)35-25-13-12-24-14-16-38(29(24)18-25)21-23-10-6-5-7-11-23/h4-7,10-14,16,18-20,22H,1,8-9,15,17,21H2,2-3H3,(H,36,39)(H,33,34,35). The van der Waals surface area contributed by atoms with E-state index >= 15 is 0 Å². The predicted octanol–water partition coefficient (Wildman–Crippen LogP) is 6.22. The van der Waals surface area contributed by atoms with E-state index in [9.17, 15) is 4.79 Å². The van der Waals surface area contributed by atoms with Gasteiger partial charge in [0, 0.05) is 29.9 Å². The van der Waals surface area contributed by atoms with Gasteiger partial charge in [-0.2, -0.15) is 0 Å². The van der Waals surface area contributed by atoms with Crippen LogP contribution < -0.4 is 15.4 Å². The van der Waals surface area contributed by atoms with E-state index in [1.54, 1.807) is 0 Å². The average molecular weight is 535 g/mol. The highest BCUT2D eigenvalue weighted by molar-refractivity contribution is 6.03. The van der Waals surface area contributed by atoms with Crippen LogP contribution in [-0.4, -0.2) is 52.6 Å². The van der Waals surface area contributed by atoms with Crippen LogP contribution in [0, 0.1) is 0 Å². The highest BCUT2D eigenvalue weighted by Crippen LogP contribution is 2.34. The number of unbranched alkanes of at least 4 members (excludes halogenated alkanes) is 1. The van der Waals surface area contributed by atoms with Crippen LogP contribution in [0.25, 0.3) is 21.8 Å². The van der Waals surface area contributed by atoms with Crippen molar-refractivity contribution in [1.82, 2.24) is 19.4 Å². The first-order valence-corrected chi connectivity index (χ1v) is 13.4. The minimum Gasteiger partial charge on any atom is -0.491 e. The van der Waals surface area contributed by atoms with Gasteiger partial charge >= 0.3 is 0 Å². The van der Waals surface area contributed by atoms with Gasteiger partial charge in [0.1, 0.15) is 17.9 Å². The van der Waals surface area contributed by atoms with Gasteiger partial charge < -0.3 is 24.8 Å². The van der Waals surface area contributed by atoms with Crippen molar-refractivity contribution >= 4 is 44.9 Å². The van der Waals surface area contributed by atoms with Crippen molar-refractivity contribution in [3.63, 3.8) is 0 Å². The molecule has 2 heterocycles. The molecule has 40 heavy (non-hydrogen) atoms. The van der Waals surface area contributed by atoms with Crippen LogP contribution in [0.3, 0.4) is 0 Å². The van der Waals surface area contributed by atoms with Gasteiger partial charge in [0.15, 0.2) is 0 Å². The maximum absolute atomic E-state index is 12.2. The molecular formula is C32H34N6O2. The molecule has 0 fully saturated rings. The zero-order chi connectivity index (χ0) is 27.9. The largest absolute Gasteiger partial charge is 0.491 e. The van der Waals surface area contributed by atoms with Crippen LogP contribution in [0.4, 0.5) is 17.2 Å². The highest BCUT2D eigenvalue weighted by Gasteiger charge is 2.14. The Bertz CT molecular complexity index is 1630. The van der Waals surface area contributed by atoms with Crippen molar-refractivity contribution in [2.45, 2.75) is 19.4 Å². The molecule has 0 saturated carbocycles. The SMILES string of the molecule is C=CC(=O)Nc1cc2c(Nc3ccc4ccn(Cc5ccccc5)c4c3)ncnc2cc1OCCCCN(C)C. The number of nitrogens with one attached hydrogen (secondary N) is 2. The number of carbonyl (C=O) groups excluding carboxylic acids is 1. The molecule has 0 bridgehead atoms. The van der Waals surface area contributed by atoms with Crippen LogP contribution in [-0.2, 0) is 11.3 Å². The first-order chi connectivity index (χ1) is 19.5. The van der Waals surface area contributed by atoms with Gasteiger partial charge in [0.25, 0.3) is 0 Å². The van der Waals surface area contributed by atoms with Gasteiger partial charge in [-0.1, -0.05) is 43.0 Å². The number of amides is 1. The predicted molar refractivity (Wildman–Crippen MR) is 162 cm³/mol. The lowest BCUT2D eigenvalue weighted by Gasteiger charge is -2.15. The second-order valence-electron chi connectivity index (χ2n) is 9.97. The number of carbonyl (C=O) groups is 1. The number of aromatic nitrogens is 3.